The molecule has 0 saturated carbocycles. The van der Waals surface area contributed by atoms with Gasteiger partial charge < -0.3 is 9.26 Å². The van der Waals surface area contributed by atoms with Crippen molar-refractivity contribution in [1.29, 1.82) is 0 Å². The highest BCUT2D eigenvalue weighted by Gasteiger charge is 2.09. The van der Waals surface area contributed by atoms with Crippen LogP contribution in [0.25, 0.3) is 12.2 Å². The van der Waals surface area contributed by atoms with Crippen molar-refractivity contribution in [2.24, 2.45) is 0 Å². The Balaban J connectivity index is 2.14. The molecule has 0 unspecified atom stereocenters. The molecular formula is C17H20N2O3. The molecule has 5 nitrogen and oxygen atoms in total. The van der Waals surface area contributed by atoms with Gasteiger partial charge in [-0.3, -0.25) is 4.98 Å². The van der Waals surface area contributed by atoms with E-state index >= 15 is 0 Å². The molecule has 116 valence electrons. The number of ether oxygens (including phenoxy) is 1. The van der Waals surface area contributed by atoms with Crippen LogP contribution in [-0.2, 0) is 11.2 Å². The molecule has 0 aliphatic rings. The van der Waals surface area contributed by atoms with Crippen molar-refractivity contribution >= 4 is 18.1 Å². The van der Waals surface area contributed by atoms with Gasteiger partial charge in [-0.05, 0) is 44.1 Å². The van der Waals surface area contributed by atoms with E-state index in [4.69, 9.17) is 4.52 Å². The lowest BCUT2D eigenvalue weighted by Gasteiger charge is -1.99. The maximum Gasteiger partial charge on any atom is 0.339 e. The van der Waals surface area contributed by atoms with Gasteiger partial charge >= 0.3 is 5.97 Å². The predicted molar refractivity (Wildman–Crippen MR) is 84.4 cm³/mol. The third-order valence-corrected chi connectivity index (χ3v) is 3.38. The van der Waals surface area contributed by atoms with Gasteiger partial charge in [0.2, 0.25) is 0 Å². The Kier molecular flexibility index (Phi) is 5.47. The van der Waals surface area contributed by atoms with Crippen LogP contribution in [0.4, 0.5) is 0 Å². The van der Waals surface area contributed by atoms with Gasteiger partial charge in [-0.2, -0.15) is 0 Å². The highest BCUT2D eigenvalue weighted by molar-refractivity contribution is 5.89. The molecule has 5 heteroatoms. The summed E-state index contributed by atoms with van der Waals surface area (Å²) in [6.07, 6.45) is 8.45. The molecule has 0 aliphatic heterocycles. The third kappa shape index (κ3) is 3.81. The lowest BCUT2D eigenvalue weighted by Crippen LogP contribution is -2.01. The number of esters is 1. The topological polar surface area (TPSA) is 65.2 Å². The molecule has 2 heterocycles. The van der Waals surface area contributed by atoms with Crippen LogP contribution < -0.4 is 0 Å². The Labute approximate surface area is 130 Å². The standard InChI is InChI=1S/C17H20N2O3/c1-4-5-6-16-15(12(2)22-19-16)10-9-14-8-7-13(11-18-14)17(20)21-3/h7-11H,4-6H2,1-3H3. The zero-order chi connectivity index (χ0) is 15.9. The highest BCUT2D eigenvalue weighted by Crippen LogP contribution is 2.18. The van der Waals surface area contributed by atoms with Crippen LogP contribution in [-0.4, -0.2) is 23.2 Å². The van der Waals surface area contributed by atoms with E-state index < -0.39 is 0 Å². The minimum Gasteiger partial charge on any atom is -0.465 e. The van der Waals surface area contributed by atoms with Crippen molar-refractivity contribution in [3.8, 4) is 0 Å². The predicted octanol–water partition coefficient (Wildman–Crippen LogP) is 3.68. The summed E-state index contributed by atoms with van der Waals surface area (Å²) in [6.45, 7) is 4.05. The summed E-state index contributed by atoms with van der Waals surface area (Å²) in [6, 6.07) is 3.47. The van der Waals surface area contributed by atoms with E-state index in [0.717, 1.165) is 42.0 Å². The molecule has 22 heavy (non-hydrogen) atoms. The van der Waals surface area contributed by atoms with Crippen LogP contribution in [0, 0.1) is 6.92 Å². The van der Waals surface area contributed by atoms with E-state index in [1.807, 2.05) is 19.1 Å². The third-order valence-electron chi connectivity index (χ3n) is 3.38. The Morgan fingerprint density at radius 1 is 1.36 bits per heavy atom. The van der Waals surface area contributed by atoms with Gasteiger partial charge in [-0.15, -0.1) is 0 Å². The first-order valence-corrected chi connectivity index (χ1v) is 7.33. The first-order valence-electron chi connectivity index (χ1n) is 7.33. The largest absolute Gasteiger partial charge is 0.465 e. The van der Waals surface area contributed by atoms with Crippen molar-refractivity contribution in [1.82, 2.24) is 10.1 Å². The maximum atomic E-state index is 11.4. The van der Waals surface area contributed by atoms with Crippen LogP contribution in [0.15, 0.2) is 22.9 Å². The Bertz CT molecular complexity index is 657. The van der Waals surface area contributed by atoms with Crippen molar-refractivity contribution in [3.05, 3.63) is 46.6 Å². The van der Waals surface area contributed by atoms with Crippen molar-refractivity contribution in [2.45, 2.75) is 33.1 Å². The van der Waals surface area contributed by atoms with Gasteiger partial charge in [0.05, 0.1) is 24.1 Å². The number of unbranched alkanes of at least 4 members (excludes halogenated alkanes) is 1. The first-order chi connectivity index (χ1) is 10.7. The zero-order valence-corrected chi connectivity index (χ0v) is 13.1. The number of methoxy groups -OCH3 is 1. The monoisotopic (exact) mass is 300 g/mol. The molecule has 0 radical (unpaired) electrons. The van der Waals surface area contributed by atoms with Gasteiger partial charge in [0.1, 0.15) is 5.76 Å². The second-order valence-electron chi connectivity index (χ2n) is 5.00. The number of hydrogen-bond acceptors (Lipinski definition) is 5. The molecule has 0 amide bonds. The van der Waals surface area contributed by atoms with Crippen LogP contribution in [0.5, 0.6) is 0 Å². The fraction of sp³-hybridized carbons (Fsp3) is 0.353. The van der Waals surface area contributed by atoms with Crippen molar-refractivity contribution in [2.75, 3.05) is 7.11 Å². The summed E-state index contributed by atoms with van der Waals surface area (Å²) in [5.41, 5.74) is 3.17. The minimum absolute atomic E-state index is 0.389. The van der Waals surface area contributed by atoms with E-state index in [2.05, 4.69) is 21.8 Å². The molecule has 2 rings (SSSR count). The van der Waals surface area contributed by atoms with Crippen molar-refractivity contribution in [3.63, 3.8) is 0 Å². The lowest BCUT2D eigenvalue weighted by molar-refractivity contribution is 0.0600. The van der Waals surface area contributed by atoms with Crippen LogP contribution in [0.2, 0.25) is 0 Å². The summed E-state index contributed by atoms with van der Waals surface area (Å²) in [5, 5.41) is 4.11. The normalized spacial score (nSPS) is 11.0. The molecule has 0 N–H and O–H groups in total. The molecular weight excluding hydrogens is 280 g/mol. The van der Waals surface area contributed by atoms with Crippen LogP contribution >= 0.6 is 0 Å². The summed E-state index contributed by atoms with van der Waals surface area (Å²) in [4.78, 5) is 15.6. The molecule has 0 atom stereocenters. The van der Waals surface area contributed by atoms with Gasteiger partial charge in [0.25, 0.3) is 0 Å². The summed E-state index contributed by atoms with van der Waals surface area (Å²) < 4.78 is 9.91. The average Bonchev–Trinajstić information content (AvgIpc) is 2.90. The number of aromatic nitrogens is 2. The number of carbonyl (C=O) groups excluding carboxylic acids is 1. The average molecular weight is 300 g/mol. The number of hydrogen-bond donors (Lipinski definition) is 0. The number of aryl methyl sites for hydroxylation is 2. The zero-order valence-electron chi connectivity index (χ0n) is 13.1. The Morgan fingerprint density at radius 3 is 2.82 bits per heavy atom. The number of rotatable bonds is 6. The second-order valence-corrected chi connectivity index (χ2v) is 5.00. The van der Waals surface area contributed by atoms with Gasteiger partial charge in [0, 0.05) is 11.8 Å². The highest BCUT2D eigenvalue weighted by atomic mass is 16.5. The van der Waals surface area contributed by atoms with Crippen LogP contribution in [0.1, 0.15) is 52.8 Å². The molecule has 0 fully saturated rings. The van der Waals surface area contributed by atoms with Crippen molar-refractivity contribution < 1.29 is 14.1 Å². The second kappa shape index (κ2) is 7.54. The SMILES string of the molecule is CCCCc1noc(C)c1C=Cc1ccc(C(=O)OC)cn1. The lowest BCUT2D eigenvalue weighted by atomic mass is 10.1. The Morgan fingerprint density at radius 2 is 2.18 bits per heavy atom. The molecule has 2 aromatic heterocycles. The number of pyridine rings is 1. The van der Waals surface area contributed by atoms with E-state index in [9.17, 15) is 4.79 Å². The van der Waals surface area contributed by atoms with Gasteiger partial charge in [0.15, 0.2) is 0 Å². The summed E-state index contributed by atoms with van der Waals surface area (Å²) in [7, 11) is 1.35. The van der Waals surface area contributed by atoms with Crippen LogP contribution in [0.3, 0.4) is 0 Å². The fourth-order valence-corrected chi connectivity index (χ4v) is 2.07. The number of nitrogens with zero attached hydrogens (tertiary/aromatic N) is 2. The van der Waals surface area contributed by atoms with Gasteiger partial charge in [-0.1, -0.05) is 18.5 Å². The van der Waals surface area contributed by atoms with E-state index in [1.54, 1.807) is 12.1 Å². The van der Waals surface area contributed by atoms with E-state index in [-0.39, 0.29) is 5.97 Å². The fourth-order valence-electron chi connectivity index (χ4n) is 2.07. The minimum atomic E-state index is -0.389. The summed E-state index contributed by atoms with van der Waals surface area (Å²) in [5.74, 6) is 0.410. The quantitative estimate of drug-likeness (QED) is 0.761. The maximum absolute atomic E-state index is 11.4. The molecule has 0 aromatic carbocycles. The molecule has 0 spiro atoms. The summed E-state index contributed by atoms with van der Waals surface area (Å²) >= 11 is 0. The Hall–Kier alpha value is -2.43. The smallest absolute Gasteiger partial charge is 0.339 e. The van der Waals surface area contributed by atoms with E-state index in [1.165, 1.54) is 13.3 Å². The molecule has 2 aromatic rings. The number of carbonyl (C=O) groups is 1. The molecule has 0 aliphatic carbocycles. The first kappa shape index (κ1) is 15.9. The van der Waals surface area contributed by atoms with Gasteiger partial charge in [-0.25, -0.2) is 4.79 Å². The molecule has 0 bridgehead atoms. The van der Waals surface area contributed by atoms with E-state index in [0.29, 0.717) is 5.56 Å². The molecule has 0 saturated heterocycles.